The van der Waals surface area contributed by atoms with Gasteiger partial charge in [-0.05, 0) is 5.92 Å². The predicted molar refractivity (Wildman–Crippen MR) is 56.9 cm³/mol. The minimum Gasteiger partial charge on any atom is -0.467 e. The average molecular weight is 211 g/mol. The van der Waals surface area contributed by atoms with E-state index in [0.717, 1.165) is 0 Å². The Labute approximate surface area is 90.4 Å². The van der Waals surface area contributed by atoms with Crippen molar-refractivity contribution in [3.8, 4) is 12.3 Å². The van der Waals surface area contributed by atoms with Gasteiger partial charge < -0.3 is 10.1 Å². The maximum Gasteiger partial charge on any atom is 0.329 e. The van der Waals surface area contributed by atoms with Crippen LogP contribution in [-0.4, -0.2) is 25.0 Å². The lowest BCUT2D eigenvalue weighted by molar-refractivity contribution is -0.145. The molecule has 0 unspecified atom stereocenters. The summed E-state index contributed by atoms with van der Waals surface area (Å²) < 4.78 is 4.52. The Morgan fingerprint density at radius 1 is 1.47 bits per heavy atom. The maximum absolute atomic E-state index is 11.4. The number of ether oxygens (including phenoxy) is 1. The van der Waals surface area contributed by atoms with E-state index in [1.807, 2.05) is 13.8 Å². The smallest absolute Gasteiger partial charge is 0.329 e. The summed E-state index contributed by atoms with van der Waals surface area (Å²) in [6, 6.07) is -0.730. The SMILES string of the molecule is C#CC[C@@H](NC(=O)CC(C)C)C(=O)OC. The molecule has 15 heavy (non-hydrogen) atoms. The molecule has 0 aliphatic carbocycles. The molecule has 4 heteroatoms. The zero-order valence-electron chi connectivity index (χ0n) is 9.37. The van der Waals surface area contributed by atoms with Gasteiger partial charge in [0.1, 0.15) is 6.04 Å². The Bertz CT molecular complexity index is 265. The van der Waals surface area contributed by atoms with Gasteiger partial charge in [0.25, 0.3) is 0 Å². The molecule has 0 heterocycles. The summed E-state index contributed by atoms with van der Waals surface area (Å²) in [5.74, 6) is 1.88. The van der Waals surface area contributed by atoms with Crippen molar-refractivity contribution in [1.82, 2.24) is 5.32 Å². The highest BCUT2D eigenvalue weighted by Gasteiger charge is 2.20. The van der Waals surface area contributed by atoms with Gasteiger partial charge in [0.05, 0.1) is 7.11 Å². The van der Waals surface area contributed by atoms with Crippen LogP contribution in [0.4, 0.5) is 0 Å². The molecule has 0 aromatic heterocycles. The molecule has 0 aliphatic heterocycles. The lowest BCUT2D eigenvalue weighted by Gasteiger charge is -2.14. The Morgan fingerprint density at radius 2 is 2.07 bits per heavy atom. The van der Waals surface area contributed by atoms with E-state index in [9.17, 15) is 9.59 Å². The van der Waals surface area contributed by atoms with Gasteiger partial charge in [-0.2, -0.15) is 0 Å². The molecular weight excluding hydrogens is 194 g/mol. The molecule has 84 valence electrons. The minimum atomic E-state index is -0.730. The first-order chi connectivity index (χ1) is 7.01. The van der Waals surface area contributed by atoms with E-state index in [0.29, 0.717) is 6.42 Å². The van der Waals surface area contributed by atoms with Crippen molar-refractivity contribution in [1.29, 1.82) is 0 Å². The van der Waals surface area contributed by atoms with Crippen molar-refractivity contribution >= 4 is 11.9 Å². The van der Waals surface area contributed by atoms with Crippen LogP contribution in [0.2, 0.25) is 0 Å². The normalized spacial score (nSPS) is 11.7. The summed E-state index contributed by atoms with van der Waals surface area (Å²) in [5.41, 5.74) is 0. The standard InChI is InChI=1S/C11H17NO3/c1-5-6-9(11(14)15-4)12-10(13)7-8(2)3/h1,8-9H,6-7H2,2-4H3,(H,12,13)/t9-/m1/s1. The highest BCUT2D eigenvalue weighted by molar-refractivity contribution is 5.84. The van der Waals surface area contributed by atoms with Gasteiger partial charge in [0.2, 0.25) is 5.91 Å². The number of terminal acetylenes is 1. The number of nitrogens with one attached hydrogen (secondary N) is 1. The van der Waals surface area contributed by atoms with E-state index >= 15 is 0 Å². The zero-order chi connectivity index (χ0) is 11.8. The van der Waals surface area contributed by atoms with Crippen molar-refractivity contribution < 1.29 is 14.3 Å². The van der Waals surface area contributed by atoms with Crippen LogP contribution >= 0.6 is 0 Å². The number of methoxy groups -OCH3 is 1. The second kappa shape index (κ2) is 6.88. The number of rotatable bonds is 5. The summed E-state index contributed by atoms with van der Waals surface area (Å²) in [4.78, 5) is 22.6. The molecular formula is C11H17NO3. The van der Waals surface area contributed by atoms with E-state index in [2.05, 4.69) is 16.0 Å². The molecule has 0 fully saturated rings. The minimum absolute atomic E-state index is 0.149. The van der Waals surface area contributed by atoms with Crippen LogP contribution in [0.15, 0.2) is 0 Å². The molecule has 4 nitrogen and oxygen atoms in total. The molecule has 0 saturated carbocycles. The van der Waals surface area contributed by atoms with Crippen LogP contribution in [-0.2, 0) is 14.3 Å². The summed E-state index contributed by atoms with van der Waals surface area (Å²) in [5, 5.41) is 2.54. The summed E-state index contributed by atoms with van der Waals surface area (Å²) in [6.45, 7) is 3.85. The lowest BCUT2D eigenvalue weighted by atomic mass is 10.1. The summed E-state index contributed by atoms with van der Waals surface area (Å²) in [6.07, 6.45) is 5.61. The monoisotopic (exact) mass is 211 g/mol. The Balaban J connectivity index is 4.23. The summed E-state index contributed by atoms with van der Waals surface area (Å²) >= 11 is 0. The molecule has 0 aromatic rings. The number of hydrogen-bond acceptors (Lipinski definition) is 3. The molecule has 1 amide bonds. The van der Waals surface area contributed by atoms with Gasteiger partial charge in [-0.3, -0.25) is 4.79 Å². The molecule has 1 atom stereocenters. The molecule has 0 spiro atoms. The highest BCUT2D eigenvalue weighted by Crippen LogP contribution is 2.01. The van der Waals surface area contributed by atoms with Gasteiger partial charge in [-0.15, -0.1) is 12.3 Å². The maximum atomic E-state index is 11.4. The second-order valence-corrected chi connectivity index (χ2v) is 3.65. The fraction of sp³-hybridized carbons (Fsp3) is 0.636. The lowest BCUT2D eigenvalue weighted by Crippen LogP contribution is -2.41. The highest BCUT2D eigenvalue weighted by atomic mass is 16.5. The number of esters is 1. The van der Waals surface area contributed by atoms with Crippen molar-refractivity contribution in [3.63, 3.8) is 0 Å². The number of carbonyl (C=O) groups excluding carboxylic acids is 2. The molecule has 0 saturated heterocycles. The van der Waals surface area contributed by atoms with Crippen molar-refractivity contribution in [2.24, 2.45) is 5.92 Å². The van der Waals surface area contributed by atoms with E-state index in [1.165, 1.54) is 7.11 Å². The largest absolute Gasteiger partial charge is 0.467 e. The predicted octanol–water partition coefficient (Wildman–Crippen LogP) is 0.714. The van der Waals surface area contributed by atoms with E-state index in [1.54, 1.807) is 0 Å². The molecule has 0 radical (unpaired) electrons. The van der Waals surface area contributed by atoms with Crippen LogP contribution in [0.5, 0.6) is 0 Å². The molecule has 0 bridgehead atoms. The summed E-state index contributed by atoms with van der Waals surface area (Å²) in [7, 11) is 1.26. The fourth-order valence-corrected chi connectivity index (χ4v) is 1.08. The number of carbonyl (C=O) groups is 2. The third-order valence-electron chi connectivity index (χ3n) is 1.74. The zero-order valence-corrected chi connectivity index (χ0v) is 9.37. The Morgan fingerprint density at radius 3 is 2.47 bits per heavy atom. The van der Waals surface area contributed by atoms with Crippen LogP contribution in [0.25, 0.3) is 0 Å². The van der Waals surface area contributed by atoms with Crippen LogP contribution in [0.3, 0.4) is 0 Å². The molecule has 0 rings (SSSR count). The third-order valence-corrected chi connectivity index (χ3v) is 1.74. The topological polar surface area (TPSA) is 55.4 Å². The fourth-order valence-electron chi connectivity index (χ4n) is 1.08. The number of amides is 1. The van der Waals surface area contributed by atoms with Crippen LogP contribution in [0.1, 0.15) is 26.7 Å². The first-order valence-electron chi connectivity index (χ1n) is 4.81. The molecule has 0 aliphatic rings. The Hall–Kier alpha value is -1.50. The van der Waals surface area contributed by atoms with Gasteiger partial charge in [-0.1, -0.05) is 13.8 Å². The van der Waals surface area contributed by atoms with E-state index in [-0.39, 0.29) is 18.2 Å². The van der Waals surface area contributed by atoms with E-state index in [4.69, 9.17) is 6.42 Å². The first kappa shape index (κ1) is 13.5. The second-order valence-electron chi connectivity index (χ2n) is 3.65. The van der Waals surface area contributed by atoms with Gasteiger partial charge in [0, 0.05) is 12.8 Å². The molecule has 1 N–H and O–H groups in total. The van der Waals surface area contributed by atoms with Gasteiger partial charge in [0.15, 0.2) is 0 Å². The van der Waals surface area contributed by atoms with Crippen molar-refractivity contribution in [2.45, 2.75) is 32.7 Å². The Kier molecular flexibility index (Phi) is 6.19. The van der Waals surface area contributed by atoms with Crippen LogP contribution in [0, 0.1) is 18.3 Å². The first-order valence-corrected chi connectivity index (χ1v) is 4.81. The molecule has 0 aromatic carbocycles. The van der Waals surface area contributed by atoms with Crippen molar-refractivity contribution in [3.05, 3.63) is 0 Å². The quantitative estimate of drug-likeness (QED) is 0.538. The van der Waals surface area contributed by atoms with Crippen molar-refractivity contribution in [2.75, 3.05) is 7.11 Å². The third kappa shape index (κ3) is 5.74. The average Bonchev–Trinajstić information content (AvgIpc) is 2.14. The van der Waals surface area contributed by atoms with E-state index < -0.39 is 12.0 Å². The van der Waals surface area contributed by atoms with Gasteiger partial charge in [-0.25, -0.2) is 4.79 Å². The number of hydrogen-bond donors (Lipinski definition) is 1. The van der Waals surface area contributed by atoms with Crippen LogP contribution < -0.4 is 5.32 Å². The van der Waals surface area contributed by atoms with Gasteiger partial charge >= 0.3 is 5.97 Å².